The number of aromatic nitrogens is 2. The van der Waals surface area contributed by atoms with Gasteiger partial charge in [0.05, 0.1) is 12.4 Å². The summed E-state index contributed by atoms with van der Waals surface area (Å²) in [4.78, 5) is 6.52. The van der Waals surface area contributed by atoms with Crippen LogP contribution in [0, 0.1) is 6.92 Å². The molecule has 2 heterocycles. The maximum atomic E-state index is 6.06. The van der Waals surface area contributed by atoms with Gasteiger partial charge in [-0.15, -0.1) is 11.3 Å². The van der Waals surface area contributed by atoms with Gasteiger partial charge in [0.25, 0.3) is 0 Å². The zero-order valence-electron chi connectivity index (χ0n) is 8.05. The molecule has 0 aliphatic carbocycles. The smallest absolute Gasteiger partial charge is 0.0946 e. The van der Waals surface area contributed by atoms with E-state index in [1.165, 1.54) is 9.75 Å². The van der Waals surface area contributed by atoms with Crippen molar-refractivity contribution in [2.24, 2.45) is 5.73 Å². The van der Waals surface area contributed by atoms with Gasteiger partial charge in [-0.25, -0.2) is 4.98 Å². The molecule has 0 amide bonds. The molecule has 0 aromatic carbocycles. The second-order valence-electron chi connectivity index (χ2n) is 3.31. The van der Waals surface area contributed by atoms with Gasteiger partial charge >= 0.3 is 0 Å². The van der Waals surface area contributed by atoms with Gasteiger partial charge < -0.3 is 10.3 Å². The van der Waals surface area contributed by atoms with Crippen LogP contribution in [0.2, 0.25) is 0 Å². The molecule has 2 aromatic rings. The van der Waals surface area contributed by atoms with Gasteiger partial charge in [-0.2, -0.15) is 0 Å². The number of thiophene rings is 1. The molecule has 1 unspecified atom stereocenters. The predicted octanol–water partition coefficient (Wildman–Crippen LogP) is 1.95. The van der Waals surface area contributed by atoms with E-state index in [0.29, 0.717) is 0 Å². The summed E-state index contributed by atoms with van der Waals surface area (Å²) in [5.74, 6) is 0. The lowest BCUT2D eigenvalue weighted by Gasteiger charge is -2.09. The Hall–Kier alpha value is -1.13. The topological polar surface area (TPSA) is 43.8 Å². The molecule has 14 heavy (non-hydrogen) atoms. The maximum Gasteiger partial charge on any atom is 0.0946 e. The van der Waals surface area contributed by atoms with Gasteiger partial charge in [0.2, 0.25) is 0 Å². The minimum absolute atomic E-state index is 0.0721. The molecular formula is C10H13N3S. The Labute approximate surface area is 87.2 Å². The average Bonchev–Trinajstić information content (AvgIpc) is 2.75. The van der Waals surface area contributed by atoms with Crippen molar-refractivity contribution in [3.63, 3.8) is 0 Å². The predicted molar refractivity (Wildman–Crippen MR) is 58.2 cm³/mol. The van der Waals surface area contributed by atoms with E-state index >= 15 is 0 Å². The lowest BCUT2D eigenvalue weighted by Crippen LogP contribution is -2.15. The van der Waals surface area contributed by atoms with Crippen LogP contribution in [0.15, 0.2) is 30.9 Å². The van der Waals surface area contributed by atoms with Crippen LogP contribution in [0.5, 0.6) is 0 Å². The second-order valence-corrected chi connectivity index (χ2v) is 4.63. The Morgan fingerprint density at radius 3 is 3.00 bits per heavy atom. The third-order valence-electron chi connectivity index (χ3n) is 2.09. The van der Waals surface area contributed by atoms with Crippen molar-refractivity contribution in [1.29, 1.82) is 0 Å². The number of rotatable bonds is 3. The number of nitrogens with zero attached hydrogens (tertiary/aromatic N) is 2. The fourth-order valence-electron chi connectivity index (χ4n) is 1.36. The van der Waals surface area contributed by atoms with Crippen LogP contribution in [0.1, 0.15) is 15.8 Å². The summed E-state index contributed by atoms with van der Waals surface area (Å²) in [7, 11) is 0. The minimum atomic E-state index is 0.0721. The summed E-state index contributed by atoms with van der Waals surface area (Å²) in [6.07, 6.45) is 5.49. The molecule has 2 aromatic heterocycles. The van der Waals surface area contributed by atoms with Gasteiger partial charge in [0.15, 0.2) is 0 Å². The number of hydrogen-bond acceptors (Lipinski definition) is 3. The molecule has 2 rings (SSSR count). The highest BCUT2D eigenvalue weighted by Crippen LogP contribution is 2.21. The fraction of sp³-hybridized carbons (Fsp3) is 0.300. The lowest BCUT2D eigenvalue weighted by molar-refractivity contribution is 0.584. The van der Waals surface area contributed by atoms with Gasteiger partial charge in [0.1, 0.15) is 0 Å². The monoisotopic (exact) mass is 207 g/mol. The van der Waals surface area contributed by atoms with E-state index in [1.54, 1.807) is 23.9 Å². The number of hydrogen-bond donors (Lipinski definition) is 1. The molecule has 3 nitrogen and oxygen atoms in total. The SMILES string of the molecule is Cc1ccc(C(N)Cn2ccnc2)s1. The van der Waals surface area contributed by atoms with Crippen LogP contribution in [0.25, 0.3) is 0 Å². The summed E-state index contributed by atoms with van der Waals surface area (Å²) >= 11 is 1.76. The highest BCUT2D eigenvalue weighted by atomic mass is 32.1. The van der Waals surface area contributed by atoms with Crippen molar-refractivity contribution in [1.82, 2.24) is 9.55 Å². The van der Waals surface area contributed by atoms with Crippen molar-refractivity contribution < 1.29 is 0 Å². The zero-order valence-corrected chi connectivity index (χ0v) is 8.87. The Morgan fingerprint density at radius 1 is 1.57 bits per heavy atom. The van der Waals surface area contributed by atoms with E-state index in [4.69, 9.17) is 5.73 Å². The molecule has 0 spiro atoms. The quantitative estimate of drug-likeness (QED) is 0.836. The molecule has 0 saturated carbocycles. The summed E-state index contributed by atoms with van der Waals surface area (Å²) in [6.45, 7) is 2.89. The van der Waals surface area contributed by atoms with Crippen LogP contribution >= 0.6 is 11.3 Å². The van der Waals surface area contributed by atoms with E-state index in [9.17, 15) is 0 Å². The standard InChI is InChI=1S/C10H13N3S/c1-8-2-3-10(14-8)9(11)6-13-5-4-12-7-13/h2-5,7,9H,6,11H2,1H3. The highest BCUT2D eigenvalue weighted by molar-refractivity contribution is 7.12. The zero-order chi connectivity index (χ0) is 9.97. The normalized spacial score (nSPS) is 13.0. The van der Waals surface area contributed by atoms with Gasteiger partial charge in [0, 0.05) is 28.7 Å². The van der Waals surface area contributed by atoms with E-state index in [1.807, 2.05) is 10.8 Å². The van der Waals surface area contributed by atoms with Gasteiger partial charge in [-0.05, 0) is 19.1 Å². The Kier molecular flexibility index (Phi) is 2.65. The maximum absolute atomic E-state index is 6.06. The minimum Gasteiger partial charge on any atom is -0.336 e. The Balaban J connectivity index is 2.06. The van der Waals surface area contributed by atoms with Gasteiger partial charge in [-0.1, -0.05) is 0 Å². The van der Waals surface area contributed by atoms with Crippen LogP contribution in [0.3, 0.4) is 0 Å². The largest absolute Gasteiger partial charge is 0.336 e. The van der Waals surface area contributed by atoms with E-state index < -0.39 is 0 Å². The van der Waals surface area contributed by atoms with Crippen LogP contribution in [-0.4, -0.2) is 9.55 Å². The molecule has 0 aliphatic heterocycles. The molecule has 4 heteroatoms. The molecule has 0 bridgehead atoms. The third kappa shape index (κ3) is 2.02. The molecule has 0 aliphatic rings. The molecule has 0 fully saturated rings. The first-order valence-electron chi connectivity index (χ1n) is 4.53. The van der Waals surface area contributed by atoms with Crippen LogP contribution < -0.4 is 5.73 Å². The van der Waals surface area contributed by atoms with Gasteiger partial charge in [-0.3, -0.25) is 0 Å². The van der Waals surface area contributed by atoms with Crippen molar-refractivity contribution >= 4 is 11.3 Å². The summed E-state index contributed by atoms with van der Waals surface area (Å²) in [5, 5.41) is 0. The fourth-order valence-corrected chi connectivity index (χ4v) is 2.23. The van der Waals surface area contributed by atoms with Crippen LogP contribution in [0.4, 0.5) is 0 Å². The van der Waals surface area contributed by atoms with Crippen LogP contribution in [-0.2, 0) is 6.54 Å². The van der Waals surface area contributed by atoms with E-state index in [0.717, 1.165) is 6.54 Å². The average molecular weight is 207 g/mol. The molecule has 0 saturated heterocycles. The highest BCUT2D eigenvalue weighted by Gasteiger charge is 2.08. The molecule has 1 atom stereocenters. The Morgan fingerprint density at radius 2 is 2.43 bits per heavy atom. The Bertz CT molecular complexity index is 391. The first kappa shape index (κ1) is 9.43. The second kappa shape index (κ2) is 3.94. The number of imidazole rings is 1. The third-order valence-corrected chi connectivity index (χ3v) is 3.23. The first-order valence-corrected chi connectivity index (χ1v) is 5.35. The molecular weight excluding hydrogens is 194 g/mol. The first-order chi connectivity index (χ1) is 6.75. The molecule has 74 valence electrons. The number of aryl methyl sites for hydroxylation is 1. The van der Waals surface area contributed by atoms with E-state index in [2.05, 4.69) is 24.0 Å². The number of nitrogens with two attached hydrogens (primary N) is 1. The van der Waals surface area contributed by atoms with Crippen molar-refractivity contribution in [3.05, 3.63) is 40.6 Å². The molecule has 2 N–H and O–H groups in total. The molecule has 0 radical (unpaired) electrons. The summed E-state index contributed by atoms with van der Waals surface area (Å²) in [6, 6.07) is 4.28. The summed E-state index contributed by atoms with van der Waals surface area (Å²) in [5.41, 5.74) is 6.06. The van der Waals surface area contributed by atoms with E-state index in [-0.39, 0.29) is 6.04 Å². The van der Waals surface area contributed by atoms with Crippen molar-refractivity contribution in [2.75, 3.05) is 0 Å². The van der Waals surface area contributed by atoms with Crippen molar-refractivity contribution in [3.8, 4) is 0 Å². The summed E-state index contributed by atoms with van der Waals surface area (Å²) < 4.78 is 2.00. The van der Waals surface area contributed by atoms with Crippen molar-refractivity contribution in [2.45, 2.75) is 19.5 Å². The lowest BCUT2D eigenvalue weighted by atomic mass is 10.2.